The van der Waals surface area contributed by atoms with E-state index in [4.69, 9.17) is 4.74 Å². The minimum absolute atomic E-state index is 0.0185. The Hall–Kier alpha value is -1.77. The predicted molar refractivity (Wildman–Crippen MR) is 104 cm³/mol. The van der Waals surface area contributed by atoms with Crippen LogP contribution in [0.5, 0.6) is 0 Å². The van der Waals surface area contributed by atoms with Gasteiger partial charge in [-0.2, -0.15) is 5.10 Å². The Morgan fingerprint density at radius 3 is 2.96 bits per heavy atom. The molecule has 8 heteroatoms. The number of ether oxygens (including phenoxy) is 1. The highest BCUT2D eigenvalue weighted by Gasteiger charge is 2.40. The van der Waals surface area contributed by atoms with Crippen LogP contribution in [0.2, 0.25) is 0 Å². The number of aryl methyl sites for hydroxylation is 3. The van der Waals surface area contributed by atoms with E-state index in [-0.39, 0.29) is 11.5 Å². The van der Waals surface area contributed by atoms with Gasteiger partial charge in [-0.15, -0.1) is 11.3 Å². The number of piperidine rings is 1. The van der Waals surface area contributed by atoms with Crippen LogP contribution in [0.1, 0.15) is 51.0 Å². The van der Waals surface area contributed by atoms with Gasteiger partial charge in [-0.25, -0.2) is 4.98 Å². The van der Waals surface area contributed by atoms with Crippen molar-refractivity contribution in [3.8, 4) is 0 Å². The summed E-state index contributed by atoms with van der Waals surface area (Å²) in [4.78, 5) is 19.1. The quantitative estimate of drug-likeness (QED) is 0.764. The highest BCUT2D eigenvalue weighted by Crippen LogP contribution is 2.43. The van der Waals surface area contributed by atoms with E-state index in [0.29, 0.717) is 6.54 Å². The fourth-order valence-electron chi connectivity index (χ4n) is 4.06. The van der Waals surface area contributed by atoms with Gasteiger partial charge in [0.25, 0.3) is 5.91 Å². The zero-order valence-electron chi connectivity index (χ0n) is 16.0. The number of hydrogen-bond donors (Lipinski definition) is 2. The SMILES string of the molecule is Cc1nc(C)n(CCCNC(=O)c2cc3c(s2)CCOC32CCNCC2)n1. The lowest BCUT2D eigenvalue weighted by atomic mass is 9.83. The van der Waals surface area contributed by atoms with Crippen LogP contribution >= 0.6 is 11.3 Å². The van der Waals surface area contributed by atoms with Crippen LogP contribution in [-0.4, -0.2) is 46.9 Å². The molecule has 0 bridgehead atoms. The summed E-state index contributed by atoms with van der Waals surface area (Å²) < 4.78 is 8.10. The number of nitrogens with one attached hydrogen (secondary N) is 2. The number of carbonyl (C=O) groups is 1. The van der Waals surface area contributed by atoms with Crippen molar-refractivity contribution in [2.45, 2.75) is 51.7 Å². The summed E-state index contributed by atoms with van der Waals surface area (Å²) in [5.41, 5.74) is 1.06. The molecule has 4 heterocycles. The lowest BCUT2D eigenvalue weighted by molar-refractivity contribution is -0.0792. The smallest absolute Gasteiger partial charge is 0.261 e. The Bertz CT molecular complexity index is 822. The maximum Gasteiger partial charge on any atom is 0.261 e. The van der Waals surface area contributed by atoms with Crippen LogP contribution in [0.15, 0.2) is 6.07 Å². The third-order valence-corrected chi connectivity index (χ3v) is 6.63. The molecule has 0 saturated carbocycles. The number of carbonyl (C=O) groups excluding carboxylic acids is 1. The Morgan fingerprint density at radius 1 is 1.41 bits per heavy atom. The van der Waals surface area contributed by atoms with Crippen molar-refractivity contribution in [2.24, 2.45) is 0 Å². The molecule has 1 fully saturated rings. The number of fused-ring (bicyclic) bond motifs is 2. The van der Waals surface area contributed by atoms with E-state index in [9.17, 15) is 4.79 Å². The van der Waals surface area contributed by atoms with Crippen LogP contribution in [0.4, 0.5) is 0 Å². The van der Waals surface area contributed by atoms with Crippen LogP contribution < -0.4 is 10.6 Å². The van der Waals surface area contributed by atoms with Crippen LogP contribution in [-0.2, 0) is 23.3 Å². The van der Waals surface area contributed by atoms with E-state index in [1.54, 1.807) is 11.3 Å². The summed E-state index contributed by atoms with van der Waals surface area (Å²) in [5.74, 6) is 1.72. The number of thiophene rings is 1. The van der Waals surface area contributed by atoms with Gasteiger partial charge in [-0.3, -0.25) is 9.48 Å². The summed E-state index contributed by atoms with van der Waals surface area (Å²) in [6.07, 6.45) is 3.70. The van der Waals surface area contributed by atoms with Crippen LogP contribution in [0.25, 0.3) is 0 Å². The Morgan fingerprint density at radius 2 is 2.22 bits per heavy atom. The number of nitrogens with zero attached hydrogens (tertiary/aromatic N) is 3. The van der Waals surface area contributed by atoms with Gasteiger partial charge in [0.2, 0.25) is 0 Å². The lowest BCUT2D eigenvalue weighted by Gasteiger charge is -2.40. The highest BCUT2D eigenvalue weighted by molar-refractivity contribution is 7.14. The average Bonchev–Trinajstić information content (AvgIpc) is 3.23. The molecule has 0 radical (unpaired) electrons. The van der Waals surface area contributed by atoms with Crippen molar-refractivity contribution in [3.05, 3.63) is 33.0 Å². The van der Waals surface area contributed by atoms with E-state index >= 15 is 0 Å². The molecule has 146 valence electrons. The van der Waals surface area contributed by atoms with Crippen molar-refractivity contribution >= 4 is 17.2 Å². The lowest BCUT2D eigenvalue weighted by Crippen LogP contribution is -2.44. The second-order valence-electron chi connectivity index (χ2n) is 7.33. The maximum atomic E-state index is 12.6. The van der Waals surface area contributed by atoms with Gasteiger partial charge >= 0.3 is 0 Å². The van der Waals surface area contributed by atoms with Gasteiger partial charge in [-0.05, 0) is 57.8 Å². The molecule has 0 aliphatic carbocycles. The second kappa shape index (κ2) is 7.69. The third kappa shape index (κ3) is 3.79. The van der Waals surface area contributed by atoms with Gasteiger partial charge < -0.3 is 15.4 Å². The molecule has 0 atom stereocenters. The first-order valence-corrected chi connectivity index (χ1v) is 10.5. The summed E-state index contributed by atoms with van der Waals surface area (Å²) in [7, 11) is 0. The number of hydrogen-bond acceptors (Lipinski definition) is 6. The molecule has 2 aliphatic heterocycles. The normalized spacial score (nSPS) is 18.4. The molecule has 0 aromatic carbocycles. The Kier molecular flexibility index (Phi) is 5.29. The van der Waals surface area contributed by atoms with Crippen LogP contribution in [0.3, 0.4) is 0 Å². The Balaban J connectivity index is 1.36. The average molecular weight is 390 g/mol. The third-order valence-electron chi connectivity index (χ3n) is 5.44. The standard InChI is InChI=1S/C19H27N5O2S/c1-13-22-14(2)24(23-13)10-3-7-21-18(25)17-12-15-16(27-17)4-11-26-19(15)5-8-20-9-6-19/h12,20H,3-11H2,1-2H3,(H,21,25). The zero-order valence-corrected chi connectivity index (χ0v) is 16.8. The zero-order chi connectivity index (χ0) is 18.9. The molecular formula is C19H27N5O2S. The summed E-state index contributed by atoms with van der Waals surface area (Å²) in [6, 6.07) is 2.07. The van der Waals surface area contributed by atoms with Gasteiger partial charge in [0.15, 0.2) is 0 Å². The molecule has 7 nitrogen and oxygen atoms in total. The molecular weight excluding hydrogens is 362 g/mol. The van der Waals surface area contributed by atoms with Crippen molar-refractivity contribution in [2.75, 3.05) is 26.2 Å². The molecule has 27 heavy (non-hydrogen) atoms. The number of aromatic nitrogens is 3. The highest BCUT2D eigenvalue weighted by atomic mass is 32.1. The molecule has 2 N–H and O–H groups in total. The predicted octanol–water partition coefficient (Wildman–Crippen LogP) is 1.93. The summed E-state index contributed by atoms with van der Waals surface area (Å²) >= 11 is 1.63. The van der Waals surface area contributed by atoms with Crippen molar-refractivity contribution in [1.29, 1.82) is 0 Å². The molecule has 1 amide bonds. The minimum Gasteiger partial charge on any atom is -0.370 e. The van der Waals surface area contributed by atoms with E-state index in [1.807, 2.05) is 18.5 Å². The summed E-state index contributed by atoms with van der Waals surface area (Å²) in [5, 5.41) is 10.8. The van der Waals surface area contributed by atoms with E-state index < -0.39 is 0 Å². The maximum absolute atomic E-state index is 12.6. The number of amides is 1. The van der Waals surface area contributed by atoms with Gasteiger partial charge in [0, 0.05) is 24.4 Å². The van der Waals surface area contributed by atoms with Crippen molar-refractivity contribution in [1.82, 2.24) is 25.4 Å². The molecule has 1 saturated heterocycles. The fraction of sp³-hybridized carbons (Fsp3) is 0.632. The first-order valence-electron chi connectivity index (χ1n) is 9.71. The fourth-order valence-corrected chi connectivity index (χ4v) is 5.21. The molecule has 2 aliphatic rings. The first-order chi connectivity index (χ1) is 13.1. The van der Waals surface area contributed by atoms with Gasteiger partial charge in [0.05, 0.1) is 17.1 Å². The largest absolute Gasteiger partial charge is 0.370 e. The van der Waals surface area contributed by atoms with Gasteiger partial charge in [0.1, 0.15) is 11.6 Å². The van der Waals surface area contributed by atoms with E-state index in [2.05, 4.69) is 26.8 Å². The monoisotopic (exact) mass is 389 g/mol. The van der Waals surface area contributed by atoms with Crippen molar-refractivity contribution < 1.29 is 9.53 Å². The van der Waals surface area contributed by atoms with E-state index in [0.717, 1.165) is 68.5 Å². The van der Waals surface area contributed by atoms with Crippen LogP contribution in [0, 0.1) is 13.8 Å². The topological polar surface area (TPSA) is 81.1 Å². The van der Waals surface area contributed by atoms with Crippen molar-refractivity contribution in [3.63, 3.8) is 0 Å². The summed E-state index contributed by atoms with van der Waals surface area (Å²) in [6.45, 7) is 7.93. The van der Waals surface area contributed by atoms with E-state index in [1.165, 1.54) is 10.4 Å². The van der Waals surface area contributed by atoms with Gasteiger partial charge in [-0.1, -0.05) is 0 Å². The second-order valence-corrected chi connectivity index (χ2v) is 8.47. The molecule has 2 aromatic heterocycles. The minimum atomic E-state index is -0.184. The Labute approximate surface area is 163 Å². The first kappa shape index (κ1) is 18.6. The molecule has 0 unspecified atom stereocenters. The molecule has 1 spiro atoms. The molecule has 2 aromatic rings. The molecule has 4 rings (SSSR count). The number of rotatable bonds is 5.